The second-order valence-corrected chi connectivity index (χ2v) is 9.18. The quantitative estimate of drug-likeness (QED) is 0.190. The fourth-order valence-corrected chi connectivity index (χ4v) is 2.99. The van der Waals surface area contributed by atoms with E-state index in [1.54, 1.807) is 0 Å². The van der Waals surface area contributed by atoms with Gasteiger partial charge in [0.2, 0.25) is 0 Å². The summed E-state index contributed by atoms with van der Waals surface area (Å²) in [6.45, 7) is 6.69. The molecule has 114 valence electrons. The van der Waals surface area contributed by atoms with Crippen molar-refractivity contribution < 1.29 is 0 Å². The van der Waals surface area contributed by atoms with Crippen LogP contribution in [-0.2, 0) is 0 Å². The molecule has 0 saturated carbocycles. The molecule has 0 aromatic heterocycles. The first kappa shape index (κ1) is 16.0. The number of fused-ring (bicyclic) bond motifs is 4. The van der Waals surface area contributed by atoms with Gasteiger partial charge in [0.25, 0.3) is 0 Å². The van der Waals surface area contributed by atoms with Crippen molar-refractivity contribution in [2.75, 3.05) is 20.0 Å². The number of hydrogen-bond acceptors (Lipinski definition) is 0. The first-order chi connectivity index (χ1) is 11.1. The predicted octanol–water partition coefficient (Wildman–Crippen LogP) is 4.76. The first-order valence-electron chi connectivity index (χ1n) is 7.98. The molecule has 0 spiro atoms. The van der Waals surface area contributed by atoms with Gasteiger partial charge < -0.3 is 0 Å². The number of benzene rings is 4. The highest BCUT2D eigenvalue weighted by Gasteiger charge is 2.04. The van der Waals surface area contributed by atoms with E-state index in [0.717, 1.165) is 0 Å². The summed E-state index contributed by atoms with van der Waals surface area (Å²) in [6.07, 6.45) is 0. The van der Waals surface area contributed by atoms with E-state index in [0.29, 0.717) is 7.92 Å². The van der Waals surface area contributed by atoms with E-state index in [-0.39, 0.29) is 0 Å². The topological polar surface area (TPSA) is 0 Å². The molecule has 0 unspecified atom stereocenters. The SMILES string of the molecule is Bc1cccc2ccc3cc4ccccc4cc3c12.CP(C)C. The molecule has 4 aromatic rings. The summed E-state index contributed by atoms with van der Waals surface area (Å²) in [4.78, 5) is 0. The minimum atomic E-state index is 0.380. The highest BCUT2D eigenvalue weighted by Crippen LogP contribution is 2.28. The predicted molar refractivity (Wildman–Crippen MR) is 112 cm³/mol. The van der Waals surface area contributed by atoms with E-state index in [9.17, 15) is 0 Å². The summed E-state index contributed by atoms with van der Waals surface area (Å²) in [5.74, 6) is 0. The van der Waals surface area contributed by atoms with Gasteiger partial charge in [-0.25, -0.2) is 0 Å². The van der Waals surface area contributed by atoms with Crippen molar-refractivity contribution in [2.24, 2.45) is 0 Å². The van der Waals surface area contributed by atoms with Crippen LogP contribution in [0.2, 0.25) is 0 Å². The molecule has 0 N–H and O–H groups in total. The molecule has 0 radical (unpaired) electrons. The molecule has 0 aliphatic heterocycles. The highest BCUT2D eigenvalue weighted by atomic mass is 31.1. The van der Waals surface area contributed by atoms with Crippen LogP contribution in [-0.4, -0.2) is 27.8 Å². The van der Waals surface area contributed by atoms with Gasteiger partial charge in [0.1, 0.15) is 7.85 Å². The molecule has 0 amide bonds. The average Bonchev–Trinajstić information content (AvgIpc) is 2.52. The van der Waals surface area contributed by atoms with Gasteiger partial charge in [0, 0.05) is 0 Å². The Kier molecular flexibility index (Phi) is 4.69. The summed E-state index contributed by atoms with van der Waals surface area (Å²) in [6, 6.07) is 24.1. The Morgan fingerprint density at radius 2 is 1.22 bits per heavy atom. The van der Waals surface area contributed by atoms with Crippen LogP contribution < -0.4 is 5.46 Å². The zero-order chi connectivity index (χ0) is 16.4. The minimum Gasteiger partial charge on any atom is -0.116 e. The molecule has 0 aliphatic carbocycles. The van der Waals surface area contributed by atoms with Crippen molar-refractivity contribution >= 4 is 53.5 Å². The van der Waals surface area contributed by atoms with Crippen LogP contribution in [0.15, 0.2) is 66.7 Å². The molecule has 2 heteroatoms. The van der Waals surface area contributed by atoms with Gasteiger partial charge in [-0.2, -0.15) is 0 Å². The van der Waals surface area contributed by atoms with E-state index in [1.807, 2.05) is 0 Å². The van der Waals surface area contributed by atoms with E-state index >= 15 is 0 Å². The maximum Gasteiger partial charge on any atom is 0.140 e. The Bertz CT molecular complexity index is 970. The van der Waals surface area contributed by atoms with Gasteiger partial charge in [-0.3, -0.25) is 0 Å². The van der Waals surface area contributed by atoms with E-state index in [4.69, 9.17) is 0 Å². The van der Waals surface area contributed by atoms with Crippen molar-refractivity contribution in [3.63, 3.8) is 0 Å². The molecule has 4 aromatic carbocycles. The fourth-order valence-electron chi connectivity index (χ4n) is 2.99. The third kappa shape index (κ3) is 3.41. The van der Waals surface area contributed by atoms with Gasteiger partial charge in [0.05, 0.1) is 0 Å². The molecular weight excluding hydrogens is 294 g/mol. The maximum absolute atomic E-state index is 2.32. The molecule has 0 atom stereocenters. The van der Waals surface area contributed by atoms with Crippen molar-refractivity contribution in [3.05, 3.63) is 66.7 Å². The fraction of sp³-hybridized carbons (Fsp3) is 0.143. The van der Waals surface area contributed by atoms with Crippen LogP contribution in [0.5, 0.6) is 0 Å². The van der Waals surface area contributed by atoms with Crippen molar-refractivity contribution in [1.29, 1.82) is 0 Å². The third-order valence-electron chi connectivity index (χ3n) is 3.93. The molecule has 0 heterocycles. The lowest BCUT2D eigenvalue weighted by Crippen LogP contribution is -2.03. The molecular formula is C21H22BP. The highest BCUT2D eigenvalue weighted by molar-refractivity contribution is 7.55. The van der Waals surface area contributed by atoms with Gasteiger partial charge in [-0.1, -0.05) is 60.1 Å². The Morgan fingerprint density at radius 3 is 1.91 bits per heavy atom. The molecule has 0 saturated heterocycles. The minimum absolute atomic E-state index is 0.380. The molecule has 0 aliphatic rings. The van der Waals surface area contributed by atoms with Crippen molar-refractivity contribution in [3.8, 4) is 0 Å². The maximum atomic E-state index is 2.32. The van der Waals surface area contributed by atoms with Crippen LogP contribution in [0.4, 0.5) is 0 Å². The molecule has 23 heavy (non-hydrogen) atoms. The lowest BCUT2D eigenvalue weighted by molar-refractivity contribution is 1.79. The monoisotopic (exact) mass is 316 g/mol. The second-order valence-electron chi connectivity index (χ2n) is 6.50. The summed E-state index contributed by atoms with van der Waals surface area (Å²) >= 11 is 0. The van der Waals surface area contributed by atoms with Crippen LogP contribution in [0.1, 0.15) is 0 Å². The number of hydrogen-bond donors (Lipinski definition) is 0. The smallest absolute Gasteiger partial charge is 0.116 e. The summed E-state index contributed by atoms with van der Waals surface area (Å²) in [7, 11) is 2.57. The normalized spacial score (nSPS) is 11.0. The zero-order valence-corrected chi connectivity index (χ0v) is 15.2. The molecule has 0 bridgehead atoms. The van der Waals surface area contributed by atoms with Gasteiger partial charge in [-0.05, 0) is 64.4 Å². The van der Waals surface area contributed by atoms with E-state index in [2.05, 4.69) is 94.6 Å². The first-order valence-corrected chi connectivity index (χ1v) is 10.7. The van der Waals surface area contributed by atoms with Crippen molar-refractivity contribution in [1.82, 2.24) is 0 Å². The Morgan fingerprint density at radius 1 is 0.652 bits per heavy atom. The van der Waals surface area contributed by atoms with Crippen LogP contribution >= 0.6 is 7.92 Å². The summed E-state index contributed by atoms with van der Waals surface area (Å²) in [5.41, 5.74) is 1.35. The largest absolute Gasteiger partial charge is 0.140 e. The number of rotatable bonds is 0. The zero-order valence-electron chi connectivity index (χ0n) is 14.3. The van der Waals surface area contributed by atoms with E-state index < -0.39 is 0 Å². The molecule has 4 rings (SSSR count). The lowest BCUT2D eigenvalue weighted by Gasteiger charge is -2.08. The van der Waals surface area contributed by atoms with Gasteiger partial charge in [0.15, 0.2) is 0 Å². The van der Waals surface area contributed by atoms with Crippen LogP contribution in [0.25, 0.3) is 32.3 Å². The average molecular weight is 316 g/mol. The van der Waals surface area contributed by atoms with Gasteiger partial charge in [-0.15, -0.1) is 7.92 Å². The lowest BCUT2D eigenvalue weighted by atomic mass is 9.87. The summed E-state index contributed by atoms with van der Waals surface area (Å²) < 4.78 is 0. The van der Waals surface area contributed by atoms with E-state index in [1.165, 1.54) is 37.8 Å². The molecule has 0 nitrogen and oxygen atoms in total. The van der Waals surface area contributed by atoms with Crippen molar-refractivity contribution in [2.45, 2.75) is 0 Å². The standard InChI is InChI=1S/C18H13B.C3H9P/c19-17-7-3-6-12-8-9-15-10-13-4-1-2-5-14(13)11-16(15)18(12)17;1-4(2)3/h1-11H,19H2;1-3H3. The van der Waals surface area contributed by atoms with Gasteiger partial charge >= 0.3 is 0 Å². The Hall–Kier alpha value is -1.85. The Labute approximate surface area is 140 Å². The Balaban J connectivity index is 0.000000354. The molecule has 0 fully saturated rings. The van der Waals surface area contributed by atoms with Crippen LogP contribution in [0.3, 0.4) is 0 Å². The summed E-state index contributed by atoms with van der Waals surface area (Å²) in [5, 5.41) is 8.00. The van der Waals surface area contributed by atoms with Crippen LogP contribution in [0, 0.1) is 0 Å². The third-order valence-corrected chi connectivity index (χ3v) is 3.93. The second kappa shape index (κ2) is 6.73.